The first-order chi connectivity index (χ1) is 9.31. The second-order valence-corrected chi connectivity index (χ2v) is 5.89. The fourth-order valence-corrected chi connectivity index (χ4v) is 2.96. The van der Waals surface area contributed by atoms with Crippen LogP contribution in [-0.4, -0.2) is 22.1 Å². The molecule has 0 aromatic carbocycles. The van der Waals surface area contributed by atoms with Crippen molar-refractivity contribution in [2.45, 2.75) is 77.8 Å². The van der Waals surface area contributed by atoms with Crippen LogP contribution in [0, 0.1) is 0 Å². The lowest BCUT2D eigenvalue weighted by atomic mass is 10.0. The Balaban J connectivity index is 1.69. The Morgan fingerprint density at radius 2 is 2.16 bits per heavy atom. The maximum Gasteiger partial charge on any atom is 0.0952 e. The fourth-order valence-electron chi connectivity index (χ4n) is 2.96. The number of hydrogen-bond donors (Lipinski definition) is 1. The van der Waals surface area contributed by atoms with Crippen molar-refractivity contribution in [1.29, 1.82) is 0 Å². The maximum atomic E-state index is 4.55. The fraction of sp³-hybridized carbons (Fsp3) is 0.812. The summed E-state index contributed by atoms with van der Waals surface area (Å²) in [7, 11) is 0. The van der Waals surface area contributed by atoms with Crippen molar-refractivity contribution >= 4 is 0 Å². The van der Waals surface area contributed by atoms with E-state index >= 15 is 0 Å². The molecule has 1 aliphatic carbocycles. The number of nitrogens with zero attached hydrogens (tertiary/aromatic N) is 2. The van der Waals surface area contributed by atoms with Gasteiger partial charge >= 0.3 is 0 Å². The van der Waals surface area contributed by atoms with Crippen LogP contribution in [0.15, 0.2) is 6.33 Å². The van der Waals surface area contributed by atoms with Gasteiger partial charge in [0.2, 0.25) is 0 Å². The summed E-state index contributed by atoms with van der Waals surface area (Å²) < 4.78 is 2.36. The third kappa shape index (κ3) is 4.34. The smallest absolute Gasteiger partial charge is 0.0952 e. The van der Waals surface area contributed by atoms with Crippen molar-refractivity contribution in [1.82, 2.24) is 14.9 Å². The van der Waals surface area contributed by atoms with Crippen LogP contribution in [0.4, 0.5) is 0 Å². The van der Waals surface area contributed by atoms with Gasteiger partial charge in [-0.2, -0.15) is 0 Å². The number of hydrogen-bond acceptors (Lipinski definition) is 2. The predicted molar refractivity (Wildman–Crippen MR) is 80.5 cm³/mol. The highest BCUT2D eigenvalue weighted by atomic mass is 15.1. The Labute approximate surface area is 117 Å². The van der Waals surface area contributed by atoms with Crippen molar-refractivity contribution in [2.24, 2.45) is 0 Å². The van der Waals surface area contributed by atoms with E-state index < -0.39 is 0 Å². The molecule has 0 saturated heterocycles. The summed E-state index contributed by atoms with van der Waals surface area (Å²) >= 11 is 0. The van der Waals surface area contributed by atoms with E-state index in [-0.39, 0.29) is 0 Å². The van der Waals surface area contributed by atoms with E-state index in [0.29, 0.717) is 6.04 Å². The molecule has 1 aliphatic rings. The minimum atomic E-state index is 0.644. The monoisotopic (exact) mass is 263 g/mol. The minimum absolute atomic E-state index is 0.644. The number of rotatable bonds is 8. The quantitative estimate of drug-likeness (QED) is 0.729. The molecule has 1 unspecified atom stereocenters. The van der Waals surface area contributed by atoms with E-state index in [1.165, 1.54) is 62.8 Å². The lowest BCUT2D eigenvalue weighted by Crippen LogP contribution is -2.29. The first kappa shape index (κ1) is 14.6. The van der Waals surface area contributed by atoms with Gasteiger partial charge in [0.05, 0.1) is 12.0 Å². The molecule has 19 heavy (non-hydrogen) atoms. The lowest BCUT2D eigenvalue weighted by Gasteiger charge is -2.16. The molecule has 1 N–H and O–H groups in total. The molecular formula is C16H29N3. The van der Waals surface area contributed by atoms with Crippen LogP contribution in [0.2, 0.25) is 0 Å². The molecular weight excluding hydrogens is 234 g/mol. The minimum Gasteiger partial charge on any atom is -0.333 e. The Bertz CT molecular complexity index is 370. The SMILES string of the molecule is CCCCCC(C)NCCn1cnc2c1CCCC2. The van der Waals surface area contributed by atoms with Crippen molar-refractivity contribution in [3.8, 4) is 0 Å². The summed E-state index contributed by atoms with van der Waals surface area (Å²) in [6, 6.07) is 0.644. The molecule has 1 aromatic rings. The summed E-state index contributed by atoms with van der Waals surface area (Å²) in [6.07, 6.45) is 12.4. The van der Waals surface area contributed by atoms with Crippen LogP contribution in [0.1, 0.15) is 63.8 Å². The van der Waals surface area contributed by atoms with Gasteiger partial charge in [-0.3, -0.25) is 0 Å². The average Bonchev–Trinajstić information content (AvgIpc) is 2.83. The van der Waals surface area contributed by atoms with E-state index in [9.17, 15) is 0 Å². The molecule has 0 bridgehead atoms. The third-order valence-corrected chi connectivity index (χ3v) is 4.20. The van der Waals surface area contributed by atoms with Gasteiger partial charge in [0, 0.05) is 24.8 Å². The van der Waals surface area contributed by atoms with Crippen LogP contribution >= 0.6 is 0 Å². The van der Waals surface area contributed by atoms with Gasteiger partial charge in [0.1, 0.15) is 0 Å². The Kier molecular flexibility index (Phi) is 5.90. The van der Waals surface area contributed by atoms with Gasteiger partial charge in [-0.25, -0.2) is 4.98 Å². The standard InChI is InChI=1S/C16H29N3/c1-3-4-5-8-14(2)17-11-12-19-13-18-15-9-6-7-10-16(15)19/h13-14,17H,3-12H2,1-2H3. The lowest BCUT2D eigenvalue weighted by molar-refractivity contribution is 0.465. The zero-order chi connectivity index (χ0) is 13.5. The van der Waals surface area contributed by atoms with Crippen molar-refractivity contribution < 1.29 is 0 Å². The molecule has 0 radical (unpaired) electrons. The molecule has 2 rings (SSSR count). The Morgan fingerprint density at radius 3 is 3.00 bits per heavy atom. The molecule has 1 aromatic heterocycles. The van der Waals surface area contributed by atoms with Gasteiger partial charge in [-0.15, -0.1) is 0 Å². The maximum absolute atomic E-state index is 4.55. The molecule has 1 heterocycles. The molecule has 108 valence electrons. The second-order valence-electron chi connectivity index (χ2n) is 5.89. The van der Waals surface area contributed by atoms with Crippen molar-refractivity contribution in [3.05, 3.63) is 17.7 Å². The molecule has 0 saturated carbocycles. The highest BCUT2D eigenvalue weighted by molar-refractivity contribution is 5.16. The number of unbranched alkanes of at least 4 members (excludes halogenated alkanes) is 2. The Hall–Kier alpha value is -0.830. The summed E-state index contributed by atoms with van der Waals surface area (Å²) in [5, 5.41) is 3.64. The average molecular weight is 263 g/mol. The summed E-state index contributed by atoms with van der Waals surface area (Å²) in [5.74, 6) is 0. The topological polar surface area (TPSA) is 29.9 Å². The number of aromatic nitrogens is 2. The van der Waals surface area contributed by atoms with Gasteiger partial charge in [0.25, 0.3) is 0 Å². The zero-order valence-corrected chi connectivity index (χ0v) is 12.6. The normalized spacial score (nSPS) is 16.3. The Morgan fingerprint density at radius 1 is 1.32 bits per heavy atom. The van der Waals surface area contributed by atoms with Gasteiger partial charge in [-0.1, -0.05) is 26.2 Å². The van der Waals surface area contributed by atoms with E-state index in [0.717, 1.165) is 13.1 Å². The molecule has 0 aliphatic heterocycles. The van der Waals surface area contributed by atoms with Crippen LogP contribution in [0.25, 0.3) is 0 Å². The van der Waals surface area contributed by atoms with E-state index in [1.807, 2.05) is 6.33 Å². The van der Waals surface area contributed by atoms with Gasteiger partial charge in [-0.05, 0) is 39.0 Å². The highest BCUT2D eigenvalue weighted by Gasteiger charge is 2.14. The zero-order valence-electron chi connectivity index (χ0n) is 12.6. The summed E-state index contributed by atoms with van der Waals surface area (Å²) in [5.41, 5.74) is 2.84. The van der Waals surface area contributed by atoms with E-state index in [2.05, 4.69) is 28.7 Å². The first-order valence-electron chi connectivity index (χ1n) is 8.07. The second kappa shape index (κ2) is 7.68. The summed E-state index contributed by atoms with van der Waals surface area (Å²) in [6.45, 7) is 6.70. The number of fused-ring (bicyclic) bond motifs is 1. The van der Waals surface area contributed by atoms with Gasteiger partial charge in [0.15, 0.2) is 0 Å². The molecule has 0 fully saturated rings. The van der Waals surface area contributed by atoms with Gasteiger partial charge < -0.3 is 9.88 Å². The highest BCUT2D eigenvalue weighted by Crippen LogP contribution is 2.19. The number of nitrogens with one attached hydrogen (secondary N) is 1. The van der Waals surface area contributed by atoms with Crippen LogP contribution in [0.3, 0.4) is 0 Å². The van der Waals surface area contributed by atoms with Crippen LogP contribution in [-0.2, 0) is 19.4 Å². The summed E-state index contributed by atoms with van der Waals surface area (Å²) in [4.78, 5) is 4.55. The molecule has 3 heteroatoms. The van der Waals surface area contributed by atoms with Crippen LogP contribution < -0.4 is 5.32 Å². The largest absolute Gasteiger partial charge is 0.333 e. The molecule has 0 amide bonds. The molecule has 0 spiro atoms. The predicted octanol–water partition coefficient (Wildman–Crippen LogP) is 3.32. The van der Waals surface area contributed by atoms with Crippen molar-refractivity contribution in [3.63, 3.8) is 0 Å². The first-order valence-corrected chi connectivity index (χ1v) is 8.07. The van der Waals surface area contributed by atoms with E-state index in [1.54, 1.807) is 0 Å². The molecule has 3 nitrogen and oxygen atoms in total. The van der Waals surface area contributed by atoms with E-state index in [4.69, 9.17) is 0 Å². The number of aryl methyl sites for hydroxylation is 1. The van der Waals surface area contributed by atoms with Crippen LogP contribution in [0.5, 0.6) is 0 Å². The molecule has 1 atom stereocenters. The third-order valence-electron chi connectivity index (χ3n) is 4.20. The van der Waals surface area contributed by atoms with Crippen molar-refractivity contribution in [2.75, 3.05) is 6.54 Å². The number of imidazole rings is 1.